The van der Waals surface area contributed by atoms with E-state index < -0.39 is 40.7 Å². The number of alkyl halides is 5. The number of hydrogen-bond donors (Lipinski definition) is 2. The summed E-state index contributed by atoms with van der Waals surface area (Å²) in [5, 5.41) is 6.18. The molecule has 13 heteroatoms. The Bertz CT molecular complexity index is 1440. The average Bonchev–Trinajstić information content (AvgIpc) is 3.25. The van der Waals surface area contributed by atoms with E-state index in [1.54, 1.807) is 0 Å². The third-order valence-corrected chi connectivity index (χ3v) is 4.88. The number of ether oxygens (including phenoxy) is 1. The molecule has 4 aromatic rings. The van der Waals surface area contributed by atoms with E-state index in [2.05, 4.69) is 25.1 Å². The molecule has 3 heterocycles. The second kappa shape index (κ2) is 8.33. The number of H-pyrrole nitrogens is 1. The van der Waals surface area contributed by atoms with Gasteiger partial charge in [-0.25, -0.2) is 4.68 Å². The van der Waals surface area contributed by atoms with Gasteiger partial charge >= 0.3 is 12.3 Å². The molecule has 0 saturated heterocycles. The van der Waals surface area contributed by atoms with Crippen molar-refractivity contribution < 1.29 is 31.5 Å². The number of carbonyl (C=O) groups is 1. The van der Waals surface area contributed by atoms with Crippen LogP contribution in [0, 0.1) is 0 Å². The molecular formula is C21H14F5N5O3. The minimum Gasteiger partial charge on any atom is -0.329 e. The van der Waals surface area contributed by atoms with Gasteiger partial charge in [0.2, 0.25) is 0 Å². The summed E-state index contributed by atoms with van der Waals surface area (Å²) in [5.41, 5.74) is -3.94. The van der Waals surface area contributed by atoms with Crippen molar-refractivity contribution in [2.24, 2.45) is 0 Å². The highest BCUT2D eigenvalue weighted by molar-refractivity contribution is 6.05. The van der Waals surface area contributed by atoms with Gasteiger partial charge in [0, 0.05) is 36.0 Å². The van der Waals surface area contributed by atoms with Gasteiger partial charge in [-0.15, -0.1) is 0 Å². The maximum atomic E-state index is 14.0. The van der Waals surface area contributed by atoms with E-state index in [4.69, 9.17) is 0 Å². The predicted octanol–water partition coefficient (Wildman–Crippen LogP) is 4.08. The Balaban J connectivity index is 1.79. The SMILES string of the molecule is COC(F)(F)c1cc(NC(=O)c2cnn(-c3cccc4c(=O)[nH]ccc34)c2C(F)(F)F)ccn1. The highest BCUT2D eigenvalue weighted by atomic mass is 19.4. The molecule has 1 aromatic carbocycles. The van der Waals surface area contributed by atoms with Gasteiger partial charge in [0.15, 0.2) is 5.69 Å². The van der Waals surface area contributed by atoms with Crippen molar-refractivity contribution in [3.05, 3.63) is 82.3 Å². The number of nitrogens with zero attached hydrogens (tertiary/aromatic N) is 3. The number of aromatic amines is 1. The van der Waals surface area contributed by atoms with Crippen LogP contribution in [0.2, 0.25) is 0 Å². The van der Waals surface area contributed by atoms with Gasteiger partial charge < -0.3 is 15.0 Å². The number of pyridine rings is 2. The number of hydrogen-bond acceptors (Lipinski definition) is 5. The number of halogens is 5. The maximum absolute atomic E-state index is 14.0. The molecule has 34 heavy (non-hydrogen) atoms. The lowest BCUT2D eigenvalue weighted by atomic mass is 10.1. The van der Waals surface area contributed by atoms with E-state index in [1.807, 2.05) is 0 Å². The molecule has 0 spiro atoms. The molecule has 0 bridgehead atoms. The van der Waals surface area contributed by atoms with Crippen molar-refractivity contribution in [1.82, 2.24) is 19.7 Å². The number of carbonyl (C=O) groups excluding carboxylic acids is 1. The van der Waals surface area contributed by atoms with Crippen LogP contribution in [-0.4, -0.2) is 32.8 Å². The largest absolute Gasteiger partial charge is 0.434 e. The molecule has 4 rings (SSSR count). The lowest BCUT2D eigenvalue weighted by molar-refractivity contribution is -0.234. The van der Waals surface area contributed by atoms with Gasteiger partial charge in [-0.1, -0.05) is 6.07 Å². The summed E-state index contributed by atoms with van der Waals surface area (Å²) >= 11 is 0. The van der Waals surface area contributed by atoms with Crippen LogP contribution >= 0.6 is 0 Å². The van der Waals surface area contributed by atoms with Gasteiger partial charge in [-0.3, -0.25) is 14.6 Å². The molecule has 0 saturated carbocycles. The molecule has 0 atom stereocenters. The number of amides is 1. The highest BCUT2D eigenvalue weighted by Gasteiger charge is 2.41. The van der Waals surface area contributed by atoms with Crippen LogP contribution in [0.25, 0.3) is 16.5 Å². The van der Waals surface area contributed by atoms with E-state index in [0.717, 1.165) is 25.4 Å². The summed E-state index contributed by atoms with van der Waals surface area (Å²) in [6, 6.07) is 7.43. The minimum atomic E-state index is -5.03. The summed E-state index contributed by atoms with van der Waals surface area (Å²) in [5.74, 6) is -1.24. The standard InChI is InChI=1S/C21H14F5N5O3/c1-34-21(25,26)16-9-11(5-7-27-16)30-19(33)14-10-29-31(17(14)20(22,23)24)15-4-2-3-13-12(15)6-8-28-18(13)32/h2-10H,1H3,(H,28,32)(H,27,30,33). The van der Waals surface area contributed by atoms with Gasteiger partial charge in [0.1, 0.15) is 5.69 Å². The van der Waals surface area contributed by atoms with E-state index in [9.17, 15) is 31.5 Å². The Kier molecular flexibility index (Phi) is 5.65. The Morgan fingerprint density at radius 3 is 2.59 bits per heavy atom. The van der Waals surface area contributed by atoms with E-state index in [-0.39, 0.29) is 22.1 Å². The van der Waals surface area contributed by atoms with E-state index in [0.29, 0.717) is 10.9 Å². The lowest BCUT2D eigenvalue weighted by Crippen LogP contribution is -2.22. The molecule has 8 nitrogen and oxygen atoms in total. The van der Waals surface area contributed by atoms with Crippen molar-refractivity contribution >= 4 is 22.4 Å². The first-order valence-corrected chi connectivity index (χ1v) is 9.50. The highest BCUT2D eigenvalue weighted by Crippen LogP contribution is 2.35. The molecular weight excluding hydrogens is 465 g/mol. The summed E-state index contributed by atoms with van der Waals surface area (Å²) in [4.78, 5) is 30.6. The van der Waals surface area contributed by atoms with Gasteiger partial charge in [0.25, 0.3) is 11.5 Å². The molecule has 0 radical (unpaired) electrons. The topological polar surface area (TPSA) is 102 Å². The number of anilines is 1. The molecule has 0 aliphatic rings. The second-order valence-electron chi connectivity index (χ2n) is 6.97. The molecule has 176 valence electrons. The minimum absolute atomic E-state index is 0.0825. The van der Waals surface area contributed by atoms with Crippen molar-refractivity contribution in [1.29, 1.82) is 0 Å². The van der Waals surface area contributed by atoms with E-state index in [1.165, 1.54) is 30.5 Å². The Morgan fingerprint density at radius 2 is 1.88 bits per heavy atom. The Morgan fingerprint density at radius 1 is 1.12 bits per heavy atom. The first-order chi connectivity index (χ1) is 16.0. The predicted molar refractivity (Wildman–Crippen MR) is 110 cm³/mol. The Hall–Kier alpha value is -4.13. The van der Waals surface area contributed by atoms with Crippen LogP contribution in [0.1, 0.15) is 21.7 Å². The average molecular weight is 479 g/mol. The molecule has 0 aliphatic heterocycles. The number of aromatic nitrogens is 4. The maximum Gasteiger partial charge on any atom is 0.434 e. The summed E-state index contributed by atoms with van der Waals surface area (Å²) < 4.78 is 74.1. The molecule has 1 amide bonds. The number of rotatable bonds is 5. The van der Waals surface area contributed by atoms with Crippen LogP contribution in [0.3, 0.4) is 0 Å². The summed E-state index contributed by atoms with van der Waals surface area (Å²) in [6.07, 6.45) is -5.88. The lowest BCUT2D eigenvalue weighted by Gasteiger charge is -2.15. The van der Waals surface area contributed by atoms with Crippen LogP contribution in [0.4, 0.5) is 27.6 Å². The quantitative estimate of drug-likeness (QED) is 0.420. The third-order valence-electron chi connectivity index (χ3n) is 4.88. The van der Waals surface area contributed by atoms with Crippen LogP contribution in [0.5, 0.6) is 0 Å². The number of nitrogens with one attached hydrogen (secondary N) is 2. The zero-order chi connectivity index (χ0) is 24.7. The van der Waals surface area contributed by atoms with Crippen molar-refractivity contribution in [3.63, 3.8) is 0 Å². The zero-order valence-electron chi connectivity index (χ0n) is 17.2. The van der Waals surface area contributed by atoms with Crippen LogP contribution < -0.4 is 10.9 Å². The van der Waals surface area contributed by atoms with Gasteiger partial charge in [-0.2, -0.15) is 27.1 Å². The smallest absolute Gasteiger partial charge is 0.329 e. The van der Waals surface area contributed by atoms with Crippen molar-refractivity contribution in [3.8, 4) is 5.69 Å². The first-order valence-electron chi connectivity index (χ1n) is 9.50. The van der Waals surface area contributed by atoms with Gasteiger partial charge in [0.05, 0.1) is 17.4 Å². The van der Waals surface area contributed by atoms with Crippen LogP contribution in [-0.2, 0) is 17.0 Å². The van der Waals surface area contributed by atoms with Crippen LogP contribution in [0.15, 0.2) is 59.8 Å². The first kappa shape index (κ1) is 23.0. The van der Waals surface area contributed by atoms with E-state index >= 15 is 0 Å². The fourth-order valence-corrected chi connectivity index (χ4v) is 3.33. The molecule has 0 aliphatic carbocycles. The molecule has 3 aromatic heterocycles. The van der Waals surface area contributed by atoms with Crippen molar-refractivity contribution in [2.45, 2.75) is 12.3 Å². The Labute approximate surface area is 187 Å². The second-order valence-corrected chi connectivity index (χ2v) is 6.97. The third kappa shape index (κ3) is 4.12. The molecule has 2 N–H and O–H groups in total. The molecule has 0 unspecified atom stereocenters. The fourth-order valence-electron chi connectivity index (χ4n) is 3.33. The fraction of sp³-hybridized carbons (Fsp3) is 0.143. The molecule has 0 fully saturated rings. The normalized spacial score (nSPS) is 12.2. The number of fused-ring (bicyclic) bond motifs is 1. The number of methoxy groups -OCH3 is 1. The van der Waals surface area contributed by atoms with Gasteiger partial charge in [-0.05, 0) is 30.3 Å². The number of benzene rings is 1. The monoisotopic (exact) mass is 479 g/mol. The zero-order valence-corrected chi connectivity index (χ0v) is 17.2. The summed E-state index contributed by atoms with van der Waals surface area (Å²) in [6.45, 7) is 0. The summed E-state index contributed by atoms with van der Waals surface area (Å²) in [7, 11) is 0.748. The van der Waals surface area contributed by atoms with Crippen molar-refractivity contribution in [2.75, 3.05) is 12.4 Å².